The second-order valence-electron chi connectivity index (χ2n) is 12.6. The van der Waals surface area contributed by atoms with Crippen molar-refractivity contribution in [1.29, 1.82) is 0 Å². The fourth-order valence-corrected chi connectivity index (χ4v) is 6.67. The Morgan fingerprint density at radius 2 is 0.958 bits per heavy atom. The molecule has 48 heavy (non-hydrogen) atoms. The molecule has 9 rings (SSSR count). The van der Waals surface area contributed by atoms with Crippen LogP contribution in [0.4, 0.5) is 0 Å². The Hall–Kier alpha value is -6.20. The lowest BCUT2D eigenvalue weighted by Crippen LogP contribution is -2.34. The van der Waals surface area contributed by atoms with Gasteiger partial charge in [-0.3, -0.25) is 9.97 Å². The quantitative estimate of drug-likeness (QED) is 0.195. The smallest absolute Gasteiger partial charge is 0.245 e. The first-order chi connectivity index (χ1) is 23.5. The van der Waals surface area contributed by atoms with Crippen molar-refractivity contribution >= 4 is 21.9 Å². The molecule has 5 aromatic carbocycles. The summed E-state index contributed by atoms with van der Waals surface area (Å²) in [6, 6.07) is 42.0. The zero-order valence-corrected chi connectivity index (χ0v) is 26.5. The van der Waals surface area contributed by atoms with Gasteiger partial charge in [-0.05, 0) is 106 Å². The summed E-state index contributed by atoms with van der Waals surface area (Å²) in [7, 11) is 0. The van der Waals surface area contributed by atoms with Crippen LogP contribution in [-0.4, -0.2) is 15.8 Å². The fourth-order valence-electron chi connectivity index (χ4n) is 6.67. The van der Waals surface area contributed by atoms with E-state index in [0.29, 0.717) is 0 Å². The van der Waals surface area contributed by atoms with E-state index in [0.717, 1.165) is 89.1 Å². The molecule has 0 bridgehead atoms. The first-order valence-electron chi connectivity index (χ1n) is 16.0. The maximum Gasteiger partial charge on any atom is 0.245 e. The van der Waals surface area contributed by atoms with E-state index in [-0.39, 0.29) is 0 Å². The number of benzene rings is 5. The molecule has 0 spiro atoms. The van der Waals surface area contributed by atoms with Crippen molar-refractivity contribution in [3.63, 3.8) is 0 Å². The number of para-hydroxylation sites is 1. The minimum atomic E-state index is -0.857. The number of aromatic nitrogens is 2. The number of nitrogens with zero attached hydrogens (tertiary/aromatic N) is 2. The highest BCUT2D eigenvalue weighted by molar-refractivity contribution is 6.06. The first kappa shape index (κ1) is 28.1. The van der Waals surface area contributed by atoms with Crippen LogP contribution in [-0.2, 0) is 0 Å². The van der Waals surface area contributed by atoms with Gasteiger partial charge in [-0.2, -0.15) is 0 Å². The lowest BCUT2D eigenvalue weighted by molar-refractivity contribution is -0.0778. The summed E-state index contributed by atoms with van der Waals surface area (Å²) in [5.74, 6) is 0.678. The van der Waals surface area contributed by atoms with Crippen LogP contribution >= 0.6 is 0 Å². The van der Waals surface area contributed by atoms with Gasteiger partial charge in [0.1, 0.15) is 22.7 Å². The summed E-state index contributed by atoms with van der Waals surface area (Å²) in [5, 5.41) is 2.23. The van der Waals surface area contributed by atoms with Gasteiger partial charge in [0.2, 0.25) is 5.79 Å². The third-order valence-electron chi connectivity index (χ3n) is 8.93. The minimum Gasteiger partial charge on any atom is -0.456 e. The lowest BCUT2D eigenvalue weighted by Gasteiger charge is -2.25. The Labute approximate surface area is 278 Å². The van der Waals surface area contributed by atoms with E-state index in [1.807, 2.05) is 62.6 Å². The van der Waals surface area contributed by atoms with Crippen LogP contribution in [0.3, 0.4) is 0 Å². The van der Waals surface area contributed by atoms with Crippen molar-refractivity contribution in [3.05, 3.63) is 146 Å². The molecule has 0 unspecified atom stereocenters. The molecule has 0 fully saturated rings. The van der Waals surface area contributed by atoms with Crippen molar-refractivity contribution < 1.29 is 13.9 Å². The molecule has 1 aliphatic rings. The average molecular weight is 623 g/mol. The maximum absolute atomic E-state index is 6.49. The van der Waals surface area contributed by atoms with Crippen LogP contribution in [0.5, 0.6) is 11.5 Å². The summed E-state index contributed by atoms with van der Waals surface area (Å²) in [6.07, 6.45) is 7.39. The Morgan fingerprint density at radius 3 is 1.56 bits per heavy atom. The third-order valence-corrected chi connectivity index (χ3v) is 8.93. The van der Waals surface area contributed by atoms with E-state index in [9.17, 15) is 0 Å². The maximum atomic E-state index is 6.49. The molecule has 0 radical (unpaired) electrons. The highest BCUT2D eigenvalue weighted by atomic mass is 16.7. The molecule has 0 atom stereocenters. The largest absolute Gasteiger partial charge is 0.456 e. The fraction of sp³-hybridized carbons (Fsp3) is 0.0698. The van der Waals surface area contributed by atoms with Gasteiger partial charge in [0.15, 0.2) is 0 Å². The van der Waals surface area contributed by atoms with Gasteiger partial charge in [-0.25, -0.2) is 0 Å². The Morgan fingerprint density at radius 1 is 0.438 bits per heavy atom. The predicted octanol–water partition coefficient (Wildman–Crippen LogP) is 11.2. The van der Waals surface area contributed by atoms with Gasteiger partial charge in [-0.1, -0.05) is 48.5 Å². The van der Waals surface area contributed by atoms with Gasteiger partial charge < -0.3 is 13.9 Å². The monoisotopic (exact) mass is 622 g/mol. The van der Waals surface area contributed by atoms with Crippen molar-refractivity contribution in [3.8, 4) is 67.1 Å². The summed E-state index contributed by atoms with van der Waals surface area (Å²) in [4.78, 5) is 8.77. The molecule has 3 aromatic heterocycles. The van der Waals surface area contributed by atoms with Crippen molar-refractivity contribution in [2.75, 3.05) is 0 Å². The number of fused-ring (bicyclic) bond motifs is 6. The third kappa shape index (κ3) is 4.97. The molecular weight excluding hydrogens is 592 g/mol. The molecule has 0 saturated heterocycles. The molecule has 0 N–H and O–H groups in total. The molecule has 1 aliphatic heterocycles. The summed E-state index contributed by atoms with van der Waals surface area (Å²) < 4.78 is 19.2. The van der Waals surface area contributed by atoms with Crippen LogP contribution in [0.25, 0.3) is 77.6 Å². The van der Waals surface area contributed by atoms with Crippen LogP contribution < -0.4 is 9.47 Å². The van der Waals surface area contributed by atoms with Gasteiger partial charge in [0.05, 0.1) is 0 Å². The summed E-state index contributed by atoms with van der Waals surface area (Å²) in [5.41, 5.74) is 12.2. The van der Waals surface area contributed by atoms with E-state index in [1.54, 1.807) is 12.4 Å². The predicted molar refractivity (Wildman–Crippen MR) is 192 cm³/mol. The molecule has 5 nitrogen and oxygen atoms in total. The van der Waals surface area contributed by atoms with Gasteiger partial charge >= 0.3 is 0 Å². The molecule has 0 aliphatic carbocycles. The second kappa shape index (κ2) is 11.0. The lowest BCUT2D eigenvalue weighted by atomic mass is 9.91. The number of furan rings is 1. The minimum absolute atomic E-state index is 0.767. The van der Waals surface area contributed by atoms with Crippen molar-refractivity contribution in [2.24, 2.45) is 0 Å². The van der Waals surface area contributed by atoms with Crippen LogP contribution in [0, 0.1) is 0 Å². The van der Waals surface area contributed by atoms with E-state index in [1.165, 1.54) is 0 Å². The van der Waals surface area contributed by atoms with Crippen LogP contribution in [0.15, 0.2) is 151 Å². The number of rotatable bonds is 4. The standard InChI is InChI=1S/C43H30N2O3/c1-43(2)47-40-15-12-27(29-11-14-36-35-9-3-4-10-39(35)46-42(36)24-29)22-37(40)38-23-28(13-16-41(38)48-43)32-19-33(30-7-5-17-44-25-30)21-34(20-32)31-8-6-18-45-26-31/h3-26H,1-2H3. The van der Waals surface area contributed by atoms with E-state index < -0.39 is 5.79 Å². The SMILES string of the molecule is CC1(C)Oc2ccc(-c3cc(-c4cccnc4)cc(-c4cccnc4)c3)cc2-c2cc(-c3ccc4c(c3)oc3ccccc34)ccc2O1. The first-order valence-corrected chi connectivity index (χ1v) is 16.0. The number of hydrogen-bond acceptors (Lipinski definition) is 5. The number of ether oxygens (including phenoxy) is 2. The topological polar surface area (TPSA) is 57.4 Å². The van der Waals surface area contributed by atoms with Gasteiger partial charge in [0, 0.05) is 71.7 Å². The Bertz CT molecular complexity index is 2430. The van der Waals surface area contributed by atoms with E-state index >= 15 is 0 Å². The van der Waals surface area contributed by atoms with Gasteiger partial charge in [-0.15, -0.1) is 0 Å². The zero-order chi connectivity index (χ0) is 32.2. The summed E-state index contributed by atoms with van der Waals surface area (Å²) in [6.45, 7) is 3.89. The summed E-state index contributed by atoms with van der Waals surface area (Å²) >= 11 is 0. The molecule has 0 saturated carbocycles. The zero-order valence-electron chi connectivity index (χ0n) is 26.5. The molecular formula is C43H30N2O3. The highest BCUT2D eigenvalue weighted by Gasteiger charge is 2.30. The Balaban J connectivity index is 1.20. The number of hydrogen-bond donors (Lipinski definition) is 0. The second-order valence-corrected chi connectivity index (χ2v) is 12.6. The molecule has 8 aromatic rings. The van der Waals surface area contributed by atoms with Crippen LogP contribution in [0.2, 0.25) is 0 Å². The average Bonchev–Trinajstić information content (AvgIpc) is 3.45. The van der Waals surface area contributed by atoms with Crippen LogP contribution in [0.1, 0.15) is 13.8 Å². The van der Waals surface area contributed by atoms with Crippen molar-refractivity contribution in [1.82, 2.24) is 9.97 Å². The molecule has 5 heteroatoms. The van der Waals surface area contributed by atoms with E-state index in [2.05, 4.69) is 94.9 Å². The highest BCUT2D eigenvalue weighted by Crippen LogP contribution is 2.46. The molecule has 230 valence electrons. The Kier molecular flexibility index (Phi) is 6.40. The molecule has 4 heterocycles. The number of pyridine rings is 2. The van der Waals surface area contributed by atoms with E-state index in [4.69, 9.17) is 13.9 Å². The molecule has 0 amide bonds. The normalized spacial score (nSPS) is 13.3. The van der Waals surface area contributed by atoms with Crippen molar-refractivity contribution in [2.45, 2.75) is 19.6 Å². The van der Waals surface area contributed by atoms with Gasteiger partial charge in [0.25, 0.3) is 0 Å².